The van der Waals surface area contributed by atoms with Crippen molar-refractivity contribution in [2.75, 3.05) is 18.8 Å². The molecular formula is C21H22Cl2N6O2. The summed E-state index contributed by atoms with van der Waals surface area (Å²) in [7, 11) is 0. The van der Waals surface area contributed by atoms with Gasteiger partial charge in [0.15, 0.2) is 11.5 Å². The number of nitrogen functional groups attached to an aromatic ring is 1. The number of para-hydroxylation sites is 1. The van der Waals surface area contributed by atoms with Crippen LogP contribution in [-0.2, 0) is 0 Å². The molecule has 5 rings (SSSR count). The third-order valence-electron chi connectivity index (χ3n) is 5.15. The van der Waals surface area contributed by atoms with E-state index >= 15 is 0 Å². The van der Waals surface area contributed by atoms with Crippen LogP contribution in [0.3, 0.4) is 0 Å². The molecule has 0 saturated carbocycles. The number of imidazole rings is 1. The number of nitrogens with two attached hydrogens (primary N) is 1. The Morgan fingerprint density at radius 3 is 2.39 bits per heavy atom. The molecule has 0 unspecified atom stereocenters. The van der Waals surface area contributed by atoms with Gasteiger partial charge in [0.1, 0.15) is 23.3 Å². The van der Waals surface area contributed by atoms with E-state index in [1.807, 2.05) is 54.6 Å². The average molecular weight is 461 g/mol. The molecule has 31 heavy (non-hydrogen) atoms. The SMILES string of the molecule is Cl.Cl.Nc1ncnc2c1n(-c1ccc(Oc3ccccc3)cc1)c(=O)n2[C@@H]1CCNC1. The summed E-state index contributed by atoms with van der Waals surface area (Å²) in [6.07, 6.45) is 2.27. The number of aromatic nitrogens is 4. The van der Waals surface area contributed by atoms with Crippen LogP contribution in [-0.4, -0.2) is 32.2 Å². The second-order valence-electron chi connectivity index (χ2n) is 6.97. The van der Waals surface area contributed by atoms with E-state index in [1.165, 1.54) is 6.33 Å². The number of hydrogen-bond acceptors (Lipinski definition) is 6. The second kappa shape index (κ2) is 9.38. The fraction of sp³-hybridized carbons (Fsp3) is 0.190. The van der Waals surface area contributed by atoms with Crippen molar-refractivity contribution >= 4 is 41.8 Å². The van der Waals surface area contributed by atoms with Crippen LogP contribution >= 0.6 is 24.8 Å². The van der Waals surface area contributed by atoms with Crippen LogP contribution in [0.5, 0.6) is 11.5 Å². The molecule has 1 saturated heterocycles. The lowest BCUT2D eigenvalue weighted by molar-refractivity contribution is 0.482. The minimum absolute atomic E-state index is 0. The highest BCUT2D eigenvalue weighted by molar-refractivity contribution is 5.86. The zero-order valence-corrected chi connectivity index (χ0v) is 18.1. The number of nitrogens with zero attached hydrogens (tertiary/aromatic N) is 4. The molecule has 3 heterocycles. The fourth-order valence-electron chi connectivity index (χ4n) is 3.78. The normalized spacial score (nSPS) is 15.3. The molecule has 0 amide bonds. The Bertz CT molecular complexity index is 1220. The van der Waals surface area contributed by atoms with E-state index in [0.29, 0.717) is 22.6 Å². The molecule has 1 aliphatic heterocycles. The molecule has 0 aliphatic carbocycles. The maximum absolute atomic E-state index is 13.3. The molecule has 2 aromatic heterocycles. The Kier molecular flexibility index (Phi) is 6.84. The molecule has 3 N–H and O–H groups in total. The number of anilines is 1. The van der Waals surface area contributed by atoms with Crippen molar-refractivity contribution in [3.63, 3.8) is 0 Å². The monoisotopic (exact) mass is 460 g/mol. The molecule has 8 nitrogen and oxygen atoms in total. The summed E-state index contributed by atoms with van der Waals surface area (Å²) < 4.78 is 9.15. The molecule has 0 bridgehead atoms. The first-order valence-electron chi connectivity index (χ1n) is 9.50. The summed E-state index contributed by atoms with van der Waals surface area (Å²) in [5.74, 6) is 1.71. The molecule has 1 fully saturated rings. The van der Waals surface area contributed by atoms with Gasteiger partial charge in [0.05, 0.1) is 11.7 Å². The molecule has 1 atom stereocenters. The van der Waals surface area contributed by atoms with Crippen LogP contribution in [0, 0.1) is 0 Å². The summed E-state index contributed by atoms with van der Waals surface area (Å²) in [5.41, 5.74) is 7.75. The number of ether oxygens (including phenoxy) is 1. The van der Waals surface area contributed by atoms with E-state index in [-0.39, 0.29) is 42.4 Å². The van der Waals surface area contributed by atoms with Crippen molar-refractivity contribution < 1.29 is 4.74 Å². The predicted molar refractivity (Wildman–Crippen MR) is 125 cm³/mol. The van der Waals surface area contributed by atoms with Crippen LogP contribution < -0.4 is 21.5 Å². The van der Waals surface area contributed by atoms with Crippen molar-refractivity contribution in [1.29, 1.82) is 0 Å². The Morgan fingerprint density at radius 1 is 1.00 bits per heavy atom. The van der Waals surface area contributed by atoms with Gasteiger partial charge in [-0.2, -0.15) is 0 Å². The molecule has 162 valence electrons. The highest BCUT2D eigenvalue weighted by Gasteiger charge is 2.26. The summed E-state index contributed by atoms with van der Waals surface area (Å²) >= 11 is 0. The molecule has 0 radical (unpaired) electrons. The van der Waals surface area contributed by atoms with E-state index in [2.05, 4.69) is 15.3 Å². The first kappa shape index (κ1) is 22.6. The smallest absolute Gasteiger partial charge is 0.335 e. The van der Waals surface area contributed by atoms with Crippen molar-refractivity contribution in [1.82, 2.24) is 24.4 Å². The van der Waals surface area contributed by atoms with Gasteiger partial charge in [0, 0.05) is 6.54 Å². The first-order valence-corrected chi connectivity index (χ1v) is 9.50. The van der Waals surface area contributed by atoms with E-state index in [4.69, 9.17) is 10.5 Å². The molecule has 1 aliphatic rings. The quantitative estimate of drug-likeness (QED) is 0.484. The van der Waals surface area contributed by atoms with E-state index in [1.54, 1.807) is 9.13 Å². The second-order valence-corrected chi connectivity index (χ2v) is 6.97. The molecule has 0 spiro atoms. The Morgan fingerprint density at radius 2 is 1.71 bits per heavy atom. The molecule has 2 aromatic carbocycles. The van der Waals surface area contributed by atoms with E-state index in [0.717, 1.165) is 25.3 Å². The van der Waals surface area contributed by atoms with Crippen molar-refractivity contribution in [3.05, 3.63) is 71.4 Å². The van der Waals surface area contributed by atoms with Gasteiger partial charge < -0.3 is 15.8 Å². The maximum atomic E-state index is 13.3. The van der Waals surface area contributed by atoms with Crippen LogP contribution in [0.1, 0.15) is 12.5 Å². The lowest BCUT2D eigenvalue weighted by Gasteiger charge is -2.09. The largest absolute Gasteiger partial charge is 0.457 e. The minimum atomic E-state index is -0.169. The van der Waals surface area contributed by atoms with Crippen molar-refractivity contribution in [2.24, 2.45) is 0 Å². The fourth-order valence-corrected chi connectivity index (χ4v) is 3.78. The Labute approximate surface area is 190 Å². The van der Waals surface area contributed by atoms with Gasteiger partial charge in [-0.1, -0.05) is 18.2 Å². The molecule has 10 heteroatoms. The summed E-state index contributed by atoms with van der Waals surface area (Å²) in [5, 5.41) is 3.30. The molecule has 4 aromatic rings. The maximum Gasteiger partial charge on any atom is 0.335 e. The Balaban J connectivity index is 0.00000136. The lowest BCUT2D eigenvalue weighted by atomic mass is 10.2. The standard InChI is InChI=1S/C21H20N6O2.2ClH/c22-19-18-20(25-13-24-19)27(15-10-11-23-12-15)21(28)26(18)14-6-8-17(9-7-14)29-16-4-2-1-3-5-16;;/h1-9,13,15,23H,10-12H2,(H2,22,24,25);2*1H/t15-;;/m1../s1. The van der Waals surface area contributed by atoms with Gasteiger partial charge >= 0.3 is 5.69 Å². The topological polar surface area (TPSA) is 100.0 Å². The number of rotatable bonds is 4. The third-order valence-corrected chi connectivity index (χ3v) is 5.15. The minimum Gasteiger partial charge on any atom is -0.457 e. The zero-order valence-electron chi connectivity index (χ0n) is 16.5. The third kappa shape index (κ3) is 4.10. The zero-order chi connectivity index (χ0) is 19.8. The highest BCUT2D eigenvalue weighted by Crippen LogP contribution is 2.27. The number of halogens is 2. The average Bonchev–Trinajstić information content (AvgIpc) is 3.36. The van der Waals surface area contributed by atoms with Crippen LogP contribution in [0.2, 0.25) is 0 Å². The van der Waals surface area contributed by atoms with E-state index < -0.39 is 0 Å². The number of fused-ring (bicyclic) bond motifs is 1. The van der Waals surface area contributed by atoms with Crippen LogP contribution in [0.4, 0.5) is 5.82 Å². The van der Waals surface area contributed by atoms with Gasteiger partial charge in [0.2, 0.25) is 0 Å². The molecular weight excluding hydrogens is 439 g/mol. The number of hydrogen-bond donors (Lipinski definition) is 2. The van der Waals surface area contributed by atoms with Gasteiger partial charge in [0.25, 0.3) is 0 Å². The van der Waals surface area contributed by atoms with E-state index in [9.17, 15) is 4.79 Å². The Hall–Kier alpha value is -3.07. The van der Waals surface area contributed by atoms with Gasteiger partial charge in [-0.3, -0.25) is 9.13 Å². The van der Waals surface area contributed by atoms with Gasteiger partial charge in [-0.15, -0.1) is 24.8 Å². The predicted octanol–water partition coefficient (Wildman–Crippen LogP) is 3.33. The lowest BCUT2D eigenvalue weighted by Crippen LogP contribution is -2.28. The number of benzene rings is 2. The summed E-state index contributed by atoms with van der Waals surface area (Å²) in [4.78, 5) is 21.8. The number of nitrogens with one attached hydrogen (secondary N) is 1. The van der Waals surface area contributed by atoms with Gasteiger partial charge in [-0.05, 0) is 49.4 Å². The van der Waals surface area contributed by atoms with Gasteiger partial charge in [-0.25, -0.2) is 14.8 Å². The first-order chi connectivity index (χ1) is 14.2. The van der Waals surface area contributed by atoms with Crippen LogP contribution in [0.25, 0.3) is 16.9 Å². The highest BCUT2D eigenvalue weighted by atomic mass is 35.5. The van der Waals surface area contributed by atoms with Crippen LogP contribution in [0.15, 0.2) is 65.7 Å². The summed E-state index contributed by atoms with van der Waals surface area (Å²) in [6.45, 7) is 1.60. The van der Waals surface area contributed by atoms with Crippen molar-refractivity contribution in [3.8, 4) is 17.2 Å². The van der Waals surface area contributed by atoms with Crippen molar-refractivity contribution in [2.45, 2.75) is 12.5 Å². The summed E-state index contributed by atoms with van der Waals surface area (Å²) in [6, 6.07) is 16.9.